The van der Waals surface area contributed by atoms with Crippen LogP contribution in [0.1, 0.15) is 42.7 Å². The number of fused-ring (bicyclic) bond motifs is 1. The molecule has 3 heterocycles. The number of urea groups is 1. The van der Waals surface area contributed by atoms with Crippen molar-refractivity contribution >= 4 is 28.5 Å². The molecule has 2 fully saturated rings. The summed E-state index contributed by atoms with van der Waals surface area (Å²) in [5.74, 6) is -1.10. The topological polar surface area (TPSA) is 91.8 Å². The molecule has 0 saturated carbocycles. The van der Waals surface area contributed by atoms with E-state index in [2.05, 4.69) is 10.3 Å². The zero-order chi connectivity index (χ0) is 18.1. The van der Waals surface area contributed by atoms with Gasteiger partial charge in [0.1, 0.15) is 0 Å². The van der Waals surface area contributed by atoms with E-state index in [1.54, 1.807) is 16.2 Å². The molecule has 2 amide bonds. The molecule has 0 radical (unpaired) electrons. The van der Waals surface area contributed by atoms with E-state index in [1.807, 2.05) is 0 Å². The number of hydrogen-bond acceptors (Lipinski definition) is 5. The highest BCUT2D eigenvalue weighted by molar-refractivity contribution is 7.15. The Morgan fingerprint density at radius 3 is 2.65 bits per heavy atom. The largest absolute Gasteiger partial charge is 0.481 e. The summed E-state index contributed by atoms with van der Waals surface area (Å²) in [4.78, 5) is 31.1. The number of nitrogens with one attached hydrogen (secondary N) is 1. The number of hydrogen-bond donors (Lipinski definition) is 2. The summed E-state index contributed by atoms with van der Waals surface area (Å²) in [6.07, 6.45) is 6.44. The molecule has 142 valence electrons. The molecule has 2 N–H and O–H groups in total. The van der Waals surface area contributed by atoms with Gasteiger partial charge in [-0.2, -0.15) is 0 Å². The molecule has 1 aliphatic carbocycles. The summed E-state index contributed by atoms with van der Waals surface area (Å²) in [5, 5.41) is 12.7. The van der Waals surface area contributed by atoms with Crippen LogP contribution in [0.15, 0.2) is 0 Å². The lowest BCUT2D eigenvalue weighted by Gasteiger charge is -2.39. The number of thiazole rings is 1. The molecule has 1 aromatic heterocycles. The van der Waals surface area contributed by atoms with E-state index in [9.17, 15) is 9.59 Å². The normalized spacial score (nSPS) is 22.8. The Morgan fingerprint density at radius 2 is 1.96 bits per heavy atom. The van der Waals surface area contributed by atoms with Gasteiger partial charge in [-0.15, -0.1) is 11.3 Å². The summed E-state index contributed by atoms with van der Waals surface area (Å²) in [6.45, 7) is 2.67. The predicted molar refractivity (Wildman–Crippen MR) is 97.6 cm³/mol. The first-order chi connectivity index (χ1) is 12.5. The zero-order valence-corrected chi connectivity index (χ0v) is 15.6. The number of carbonyl (C=O) groups is 2. The van der Waals surface area contributed by atoms with Gasteiger partial charge in [0.15, 0.2) is 5.13 Å². The first-order valence-electron chi connectivity index (χ1n) is 9.40. The summed E-state index contributed by atoms with van der Waals surface area (Å²) in [7, 11) is 0. The van der Waals surface area contributed by atoms with Gasteiger partial charge < -0.3 is 14.7 Å². The first-order valence-corrected chi connectivity index (χ1v) is 10.2. The molecule has 0 atom stereocenters. The SMILES string of the molecule is O=C(O)C1CCN(C(=O)Nc2nc3c(s2)CC2(CCOCC2)CC3)CC1. The molecular weight excluding hydrogens is 354 g/mol. The van der Waals surface area contributed by atoms with Gasteiger partial charge in [-0.1, -0.05) is 0 Å². The molecule has 4 rings (SSSR count). The highest BCUT2D eigenvalue weighted by Crippen LogP contribution is 2.45. The molecule has 0 aromatic carbocycles. The maximum absolute atomic E-state index is 12.5. The maximum Gasteiger partial charge on any atom is 0.323 e. The van der Waals surface area contributed by atoms with Crippen LogP contribution in [0.5, 0.6) is 0 Å². The lowest BCUT2D eigenvalue weighted by Crippen LogP contribution is -2.42. The lowest BCUT2D eigenvalue weighted by atomic mass is 9.70. The monoisotopic (exact) mass is 379 g/mol. The number of piperidine rings is 1. The molecule has 26 heavy (non-hydrogen) atoms. The van der Waals surface area contributed by atoms with Gasteiger partial charge >= 0.3 is 12.0 Å². The third-order valence-corrected chi connectivity index (χ3v) is 7.12. The minimum atomic E-state index is -0.764. The van der Waals surface area contributed by atoms with E-state index in [1.165, 1.54) is 4.88 Å². The number of carboxylic acids is 1. The van der Waals surface area contributed by atoms with Crippen molar-refractivity contribution < 1.29 is 19.4 Å². The van der Waals surface area contributed by atoms with Crippen LogP contribution in [-0.2, 0) is 22.4 Å². The Hall–Kier alpha value is -1.67. The van der Waals surface area contributed by atoms with Gasteiger partial charge in [-0.05, 0) is 50.4 Å². The number of aromatic nitrogens is 1. The number of carbonyl (C=O) groups excluding carboxylic acids is 1. The second kappa shape index (κ2) is 7.15. The number of aryl methyl sites for hydroxylation is 1. The third kappa shape index (κ3) is 3.57. The highest BCUT2D eigenvalue weighted by Gasteiger charge is 2.37. The van der Waals surface area contributed by atoms with Crippen LogP contribution in [0.3, 0.4) is 0 Å². The molecule has 1 aromatic rings. The average molecular weight is 379 g/mol. The Bertz CT molecular complexity index is 691. The van der Waals surface area contributed by atoms with Crippen LogP contribution < -0.4 is 5.32 Å². The number of ether oxygens (including phenoxy) is 1. The molecule has 2 saturated heterocycles. The van der Waals surface area contributed by atoms with Crippen molar-refractivity contribution in [1.29, 1.82) is 0 Å². The van der Waals surface area contributed by atoms with Crippen LogP contribution in [0.2, 0.25) is 0 Å². The molecule has 3 aliphatic rings. The Balaban J connectivity index is 1.37. The van der Waals surface area contributed by atoms with Crippen molar-refractivity contribution in [3.8, 4) is 0 Å². The quantitative estimate of drug-likeness (QED) is 0.824. The van der Waals surface area contributed by atoms with Crippen molar-refractivity contribution in [2.45, 2.75) is 44.9 Å². The fourth-order valence-electron chi connectivity index (χ4n) is 4.31. The van der Waals surface area contributed by atoms with Crippen LogP contribution in [0.25, 0.3) is 0 Å². The number of likely N-dealkylation sites (tertiary alicyclic amines) is 1. The molecule has 7 nitrogen and oxygen atoms in total. The third-order valence-electron chi connectivity index (χ3n) is 6.10. The van der Waals surface area contributed by atoms with Crippen molar-refractivity contribution in [3.63, 3.8) is 0 Å². The smallest absolute Gasteiger partial charge is 0.323 e. The van der Waals surface area contributed by atoms with Crippen LogP contribution in [0, 0.1) is 11.3 Å². The molecule has 1 spiro atoms. The van der Waals surface area contributed by atoms with Crippen LogP contribution >= 0.6 is 11.3 Å². The van der Waals surface area contributed by atoms with Crippen molar-refractivity contribution in [2.75, 3.05) is 31.6 Å². The minimum Gasteiger partial charge on any atom is -0.481 e. The number of carboxylic acid groups (broad SMARTS) is 1. The van der Waals surface area contributed by atoms with Crippen molar-refractivity contribution in [3.05, 3.63) is 10.6 Å². The second-order valence-electron chi connectivity index (χ2n) is 7.71. The summed E-state index contributed by atoms with van der Waals surface area (Å²) >= 11 is 1.60. The second-order valence-corrected chi connectivity index (χ2v) is 8.79. The van der Waals surface area contributed by atoms with E-state index in [4.69, 9.17) is 9.84 Å². The van der Waals surface area contributed by atoms with Gasteiger partial charge in [-0.25, -0.2) is 9.78 Å². The average Bonchev–Trinajstić information content (AvgIpc) is 3.03. The molecule has 0 unspecified atom stereocenters. The van der Waals surface area contributed by atoms with Gasteiger partial charge in [-0.3, -0.25) is 10.1 Å². The zero-order valence-electron chi connectivity index (χ0n) is 14.8. The predicted octanol–water partition coefficient (Wildman–Crippen LogP) is 2.76. The van der Waals surface area contributed by atoms with Gasteiger partial charge in [0.05, 0.1) is 11.6 Å². The molecule has 8 heteroatoms. The standard InChI is InChI=1S/C18H25N3O4S/c22-15(23)12-2-7-21(8-3-12)17(24)20-16-19-13-1-4-18(11-14(13)26-16)5-9-25-10-6-18/h12H,1-11H2,(H,22,23)(H,19,20,24). The van der Waals surface area contributed by atoms with Gasteiger partial charge in [0.25, 0.3) is 0 Å². The minimum absolute atomic E-state index is 0.166. The fourth-order valence-corrected chi connectivity index (χ4v) is 5.49. The Kier molecular flexibility index (Phi) is 4.88. The number of rotatable bonds is 2. The van der Waals surface area contributed by atoms with E-state index in [0.717, 1.165) is 51.0 Å². The summed E-state index contributed by atoms with van der Waals surface area (Å²) < 4.78 is 5.52. The number of amides is 2. The summed E-state index contributed by atoms with van der Waals surface area (Å²) in [5.41, 5.74) is 1.49. The highest BCUT2D eigenvalue weighted by atomic mass is 32.1. The van der Waals surface area contributed by atoms with E-state index in [0.29, 0.717) is 36.5 Å². The van der Waals surface area contributed by atoms with Crippen LogP contribution in [0.4, 0.5) is 9.93 Å². The van der Waals surface area contributed by atoms with Crippen molar-refractivity contribution in [2.24, 2.45) is 11.3 Å². The van der Waals surface area contributed by atoms with E-state index < -0.39 is 5.97 Å². The number of aliphatic carboxylic acids is 1. The van der Waals surface area contributed by atoms with Gasteiger partial charge in [0, 0.05) is 31.2 Å². The molecular formula is C18H25N3O4S. The van der Waals surface area contributed by atoms with E-state index in [-0.39, 0.29) is 11.9 Å². The number of anilines is 1. The van der Waals surface area contributed by atoms with E-state index >= 15 is 0 Å². The van der Waals surface area contributed by atoms with Crippen molar-refractivity contribution in [1.82, 2.24) is 9.88 Å². The molecule has 0 bridgehead atoms. The number of nitrogens with zero attached hydrogens (tertiary/aromatic N) is 2. The fraction of sp³-hybridized carbons (Fsp3) is 0.722. The molecule has 2 aliphatic heterocycles. The Labute approximate surface area is 156 Å². The Morgan fingerprint density at radius 1 is 1.23 bits per heavy atom. The first kappa shape index (κ1) is 17.7. The maximum atomic E-state index is 12.5. The van der Waals surface area contributed by atoms with Gasteiger partial charge in [0.2, 0.25) is 0 Å². The summed E-state index contributed by atoms with van der Waals surface area (Å²) in [6, 6.07) is -0.166. The lowest BCUT2D eigenvalue weighted by molar-refractivity contribution is -0.143. The van der Waals surface area contributed by atoms with Crippen LogP contribution in [-0.4, -0.2) is 53.3 Å².